The minimum absolute atomic E-state index is 0.0982. The fourth-order valence-corrected chi connectivity index (χ4v) is 6.23. The molecule has 7 unspecified atom stereocenters. The predicted octanol–water partition coefficient (Wildman–Crippen LogP) is -3.92. The Hall–Kier alpha value is -3.71. The maximum absolute atomic E-state index is 14.2. The minimum atomic E-state index is -1.99. The first-order valence-electron chi connectivity index (χ1n) is 16.4. The van der Waals surface area contributed by atoms with E-state index >= 15 is 0 Å². The quantitative estimate of drug-likeness (QED) is 0.0992. The van der Waals surface area contributed by atoms with Crippen LogP contribution < -0.4 is 14.9 Å². The van der Waals surface area contributed by atoms with E-state index in [0.29, 0.717) is 0 Å². The number of aliphatic hydroxyl groups is 10. The van der Waals surface area contributed by atoms with Crippen LogP contribution in [-0.4, -0.2) is 167 Å². The van der Waals surface area contributed by atoms with Gasteiger partial charge in [0.15, 0.2) is 18.2 Å². The topological polar surface area (TPSA) is 328 Å². The van der Waals surface area contributed by atoms with Gasteiger partial charge >= 0.3 is 0 Å². The fraction of sp³-hybridized carbons (Fsp3) is 0.545. The van der Waals surface area contributed by atoms with Crippen LogP contribution in [0.25, 0.3) is 22.3 Å². The number of phenolic OH excluding ortho intramolecular Hbond substituents is 2. The van der Waals surface area contributed by atoms with Gasteiger partial charge in [-0.3, -0.25) is 4.79 Å². The number of aromatic hydroxyl groups is 2. The van der Waals surface area contributed by atoms with Crippen molar-refractivity contribution in [2.75, 3.05) is 13.2 Å². The van der Waals surface area contributed by atoms with Gasteiger partial charge in [0.1, 0.15) is 89.3 Å². The summed E-state index contributed by atoms with van der Waals surface area (Å²) >= 11 is 0. The summed E-state index contributed by atoms with van der Waals surface area (Å²) in [6.07, 6.45) is -25.5. The molecule has 4 heterocycles. The Labute approximate surface area is 298 Å². The zero-order chi connectivity index (χ0) is 38.5. The van der Waals surface area contributed by atoms with Gasteiger partial charge in [0.2, 0.25) is 23.8 Å². The lowest BCUT2D eigenvalue weighted by molar-refractivity contribution is -0.358. The smallest absolute Gasteiger partial charge is 0.239 e. The van der Waals surface area contributed by atoms with Crippen molar-refractivity contribution < 1.29 is 94.1 Å². The second-order valence-electron chi connectivity index (χ2n) is 12.9. The SMILES string of the molecule is CC1O[C@@H](Oc2cc(O)c3c(=O)c(O[C@@H]4OC(CO)[C@@H](O)C(O)C4O[C@@H]4OC(CO)[C@@H](O)C(O)[C@H]4O)c(-c4ccc(O)cc4)oc3c2)C(O)[C@@H](O)[C@H]1O. The van der Waals surface area contributed by atoms with Gasteiger partial charge < -0.3 is 94.1 Å². The summed E-state index contributed by atoms with van der Waals surface area (Å²) in [6, 6.07) is 7.25. The van der Waals surface area contributed by atoms with Gasteiger partial charge in [-0.05, 0) is 31.2 Å². The lowest BCUT2D eigenvalue weighted by Gasteiger charge is -2.45. The molecule has 3 saturated heterocycles. The molecule has 0 radical (unpaired) electrons. The van der Waals surface area contributed by atoms with Crippen molar-refractivity contribution in [3.8, 4) is 34.3 Å². The van der Waals surface area contributed by atoms with Gasteiger partial charge in [-0.15, -0.1) is 0 Å². The molecule has 3 aromatic rings. The minimum Gasteiger partial charge on any atom is -0.508 e. The Bertz CT molecular complexity index is 1780. The molecular weight excluding hydrogens is 716 g/mol. The fourth-order valence-electron chi connectivity index (χ4n) is 6.23. The molecule has 3 aliphatic heterocycles. The number of hydrogen-bond donors (Lipinski definition) is 12. The Balaban J connectivity index is 1.41. The monoisotopic (exact) mass is 756 g/mol. The van der Waals surface area contributed by atoms with Crippen LogP contribution in [-0.2, 0) is 18.9 Å². The number of rotatable bonds is 9. The molecule has 0 spiro atoms. The molecular formula is C33H40O20. The molecule has 3 aliphatic rings. The molecule has 0 aliphatic carbocycles. The van der Waals surface area contributed by atoms with Gasteiger partial charge in [-0.1, -0.05) is 0 Å². The van der Waals surface area contributed by atoms with Gasteiger partial charge in [0, 0.05) is 17.7 Å². The highest BCUT2D eigenvalue weighted by atomic mass is 16.8. The van der Waals surface area contributed by atoms with Gasteiger partial charge in [-0.2, -0.15) is 0 Å². The lowest BCUT2D eigenvalue weighted by Crippen LogP contribution is -2.65. The Morgan fingerprint density at radius 1 is 0.660 bits per heavy atom. The summed E-state index contributed by atoms with van der Waals surface area (Å²) in [5.41, 5.74) is -1.28. The molecule has 0 bridgehead atoms. The second-order valence-corrected chi connectivity index (χ2v) is 12.9. The molecule has 0 amide bonds. The highest BCUT2D eigenvalue weighted by molar-refractivity contribution is 5.88. The van der Waals surface area contributed by atoms with E-state index in [1.54, 1.807) is 0 Å². The number of fused-ring (bicyclic) bond motifs is 1. The molecule has 3 fully saturated rings. The highest BCUT2D eigenvalue weighted by Crippen LogP contribution is 2.39. The molecule has 53 heavy (non-hydrogen) atoms. The number of benzene rings is 2. The molecule has 2 aromatic carbocycles. The average molecular weight is 757 g/mol. The maximum Gasteiger partial charge on any atom is 0.239 e. The molecule has 292 valence electrons. The van der Waals surface area contributed by atoms with Gasteiger partial charge in [0.05, 0.1) is 19.3 Å². The van der Waals surface area contributed by atoms with Crippen molar-refractivity contribution in [3.05, 3.63) is 46.6 Å². The molecule has 0 saturated carbocycles. The first-order chi connectivity index (χ1) is 25.1. The number of ether oxygens (including phenoxy) is 6. The van der Waals surface area contributed by atoms with E-state index in [4.69, 9.17) is 32.8 Å². The maximum atomic E-state index is 14.2. The largest absolute Gasteiger partial charge is 0.508 e. The van der Waals surface area contributed by atoms with Crippen LogP contribution in [0.3, 0.4) is 0 Å². The van der Waals surface area contributed by atoms with Crippen molar-refractivity contribution in [2.45, 2.75) is 99.0 Å². The zero-order valence-corrected chi connectivity index (χ0v) is 27.7. The average Bonchev–Trinajstić information content (AvgIpc) is 3.13. The van der Waals surface area contributed by atoms with Crippen molar-refractivity contribution in [1.29, 1.82) is 0 Å². The summed E-state index contributed by atoms with van der Waals surface area (Å²) in [6.45, 7) is -0.275. The van der Waals surface area contributed by atoms with Crippen molar-refractivity contribution in [2.24, 2.45) is 0 Å². The molecule has 1 aromatic heterocycles. The molecule has 12 N–H and O–H groups in total. The van der Waals surface area contributed by atoms with Crippen LogP contribution in [0.15, 0.2) is 45.6 Å². The van der Waals surface area contributed by atoms with Crippen LogP contribution in [0.5, 0.6) is 23.0 Å². The normalized spacial score (nSPS) is 37.8. The predicted molar refractivity (Wildman–Crippen MR) is 171 cm³/mol. The van der Waals surface area contributed by atoms with E-state index in [0.717, 1.165) is 12.1 Å². The lowest BCUT2D eigenvalue weighted by atomic mass is 9.97. The number of hydrogen-bond acceptors (Lipinski definition) is 20. The highest BCUT2D eigenvalue weighted by Gasteiger charge is 2.52. The van der Waals surface area contributed by atoms with E-state index in [2.05, 4.69) is 0 Å². The Morgan fingerprint density at radius 3 is 1.89 bits per heavy atom. The standard InChI is InChI=1S/C33H40O20/c1-10-19(38)23(42)26(45)31(47-10)48-13-6-14(37)18-15(7-13)49-28(11-2-4-12(36)5-3-11)29(22(18)41)52-33-30(25(44)21(40)17(9-35)51-33)53-32-27(46)24(43)20(39)16(8-34)50-32/h2-7,10,16-17,19-21,23-27,30-40,42-46H,8-9H2,1H3/t10?,16?,17?,19-,20+,21+,23-,24?,25?,26?,27+,30?,31-,32-,33-/m0/s1. The number of aliphatic hydroxyl groups excluding tert-OH is 10. The molecule has 20 heteroatoms. The van der Waals surface area contributed by atoms with Crippen LogP contribution >= 0.6 is 0 Å². The van der Waals surface area contributed by atoms with E-state index in [1.807, 2.05) is 0 Å². The summed E-state index contributed by atoms with van der Waals surface area (Å²) < 4.78 is 39.8. The van der Waals surface area contributed by atoms with E-state index in [1.165, 1.54) is 31.2 Å². The summed E-state index contributed by atoms with van der Waals surface area (Å²) in [5, 5.41) is 123. The van der Waals surface area contributed by atoms with E-state index in [9.17, 15) is 66.1 Å². The van der Waals surface area contributed by atoms with Crippen molar-refractivity contribution in [3.63, 3.8) is 0 Å². The third-order valence-electron chi connectivity index (χ3n) is 9.29. The summed E-state index contributed by atoms with van der Waals surface area (Å²) in [7, 11) is 0. The third-order valence-corrected chi connectivity index (χ3v) is 9.29. The van der Waals surface area contributed by atoms with Crippen molar-refractivity contribution >= 4 is 11.0 Å². The third kappa shape index (κ3) is 7.39. The van der Waals surface area contributed by atoms with Crippen LogP contribution in [0.2, 0.25) is 0 Å². The Kier molecular flexibility index (Phi) is 11.5. The van der Waals surface area contributed by atoms with E-state index < -0.39 is 128 Å². The second kappa shape index (κ2) is 15.6. The van der Waals surface area contributed by atoms with Crippen LogP contribution in [0.1, 0.15) is 6.92 Å². The summed E-state index contributed by atoms with van der Waals surface area (Å²) in [5.74, 6) is -2.19. The Morgan fingerprint density at radius 2 is 1.25 bits per heavy atom. The van der Waals surface area contributed by atoms with Crippen molar-refractivity contribution in [1.82, 2.24) is 0 Å². The first-order valence-corrected chi connectivity index (χ1v) is 16.4. The molecule has 20 nitrogen and oxygen atoms in total. The number of phenols is 2. The van der Waals surface area contributed by atoms with E-state index in [-0.39, 0.29) is 28.4 Å². The first kappa shape index (κ1) is 39.0. The van der Waals surface area contributed by atoms with Gasteiger partial charge in [0.25, 0.3) is 0 Å². The van der Waals surface area contributed by atoms with Gasteiger partial charge in [-0.25, -0.2) is 0 Å². The molecule has 15 atom stereocenters. The van der Waals surface area contributed by atoms with Crippen LogP contribution in [0, 0.1) is 0 Å². The summed E-state index contributed by atoms with van der Waals surface area (Å²) in [4.78, 5) is 14.2. The zero-order valence-electron chi connectivity index (χ0n) is 27.7. The van der Waals surface area contributed by atoms with Crippen LogP contribution in [0.4, 0.5) is 0 Å². The molecule has 6 rings (SSSR count).